The molecule has 1 saturated carbocycles. The number of hydrogen-bond acceptors (Lipinski definition) is 3. The summed E-state index contributed by atoms with van der Waals surface area (Å²) in [6.45, 7) is 3.64. The molecule has 0 spiro atoms. The maximum Gasteiger partial charge on any atom is 0.204 e. The summed E-state index contributed by atoms with van der Waals surface area (Å²) < 4.78 is 25.3. The van der Waals surface area contributed by atoms with Crippen molar-refractivity contribution in [1.29, 1.82) is 0 Å². The van der Waals surface area contributed by atoms with Crippen LogP contribution in [0.5, 0.6) is 0 Å². The molecule has 0 amide bonds. The SMILES string of the molecule is C[C@@H]1[C@@H](N(CC2CC2)[SH](=O)=O)CN1C(c1ccccc1)c1ccccc1. The van der Waals surface area contributed by atoms with Crippen molar-refractivity contribution in [3.8, 4) is 0 Å². The normalized spacial score (nSPS) is 23.5. The van der Waals surface area contributed by atoms with Crippen LogP contribution in [0.4, 0.5) is 0 Å². The molecule has 5 heteroatoms. The lowest BCUT2D eigenvalue weighted by atomic mass is 9.88. The van der Waals surface area contributed by atoms with Crippen LogP contribution >= 0.6 is 0 Å². The Labute approximate surface area is 157 Å². The molecule has 1 aliphatic carbocycles. The molecule has 1 saturated heterocycles. The number of benzene rings is 2. The Balaban J connectivity index is 1.58. The number of rotatable bonds is 7. The van der Waals surface area contributed by atoms with Crippen LogP contribution in [0.3, 0.4) is 0 Å². The minimum Gasteiger partial charge on any atom is -0.286 e. The first-order valence-electron chi connectivity index (χ1n) is 9.41. The van der Waals surface area contributed by atoms with Gasteiger partial charge in [0.25, 0.3) is 0 Å². The number of hydrogen-bond donors (Lipinski definition) is 1. The number of likely N-dealkylation sites (tertiary alicyclic amines) is 1. The summed E-state index contributed by atoms with van der Waals surface area (Å²) in [5, 5.41) is 0. The van der Waals surface area contributed by atoms with E-state index in [9.17, 15) is 8.42 Å². The standard InChI is InChI=1S/C21H26N2O2S/c1-16-20(23(26(24)25)14-17-12-13-17)15-22(16)21(18-8-4-2-5-9-18)19-10-6-3-7-11-19/h2-11,16-17,20-21,26H,12-15H2,1H3/t16-,20+/m1/s1. The van der Waals surface area contributed by atoms with E-state index in [1.54, 1.807) is 4.31 Å². The van der Waals surface area contributed by atoms with E-state index in [1.165, 1.54) is 24.0 Å². The van der Waals surface area contributed by atoms with Crippen LogP contribution in [0.1, 0.15) is 36.9 Å². The van der Waals surface area contributed by atoms with Crippen molar-refractivity contribution >= 4 is 10.9 Å². The Morgan fingerprint density at radius 2 is 1.54 bits per heavy atom. The highest BCUT2D eigenvalue weighted by Crippen LogP contribution is 2.39. The molecule has 1 heterocycles. The molecule has 2 aromatic rings. The minimum atomic E-state index is -2.52. The van der Waals surface area contributed by atoms with Crippen LogP contribution in [-0.2, 0) is 10.9 Å². The number of nitrogens with zero attached hydrogens (tertiary/aromatic N) is 2. The molecule has 2 atom stereocenters. The van der Waals surface area contributed by atoms with Crippen LogP contribution in [0.25, 0.3) is 0 Å². The van der Waals surface area contributed by atoms with Gasteiger partial charge in [-0.3, -0.25) is 4.90 Å². The van der Waals surface area contributed by atoms with E-state index in [0.29, 0.717) is 12.5 Å². The first-order valence-corrected chi connectivity index (χ1v) is 10.5. The van der Waals surface area contributed by atoms with E-state index >= 15 is 0 Å². The first kappa shape index (κ1) is 17.7. The average molecular weight is 371 g/mol. The van der Waals surface area contributed by atoms with Crippen molar-refractivity contribution in [2.75, 3.05) is 13.1 Å². The topological polar surface area (TPSA) is 40.6 Å². The van der Waals surface area contributed by atoms with Crippen LogP contribution in [-0.4, -0.2) is 42.8 Å². The van der Waals surface area contributed by atoms with Crippen molar-refractivity contribution in [3.63, 3.8) is 0 Å². The van der Waals surface area contributed by atoms with E-state index in [0.717, 1.165) is 6.54 Å². The zero-order valence-electron chi connectivity index (χ0n) is 15.1. The summed E-state index contributed by atoms with van der Waals surface area (Å²) in [6.07, 6.45) is 2.34. The quantitative estimate of drug-likeness (QED) is 0.762. The molecular weight excluding hydrogens is 344 g/mol. The van der Waals surface area contributed by atoms with Gasteiger partial charge < -0.3 is 0 Å². The van der Waals surface area contributed by atoms with E-state index in [-0.39, 0.29) is 18.1 Å². The molecule has 138 valence electrons. The summed E-state index contributed by atoms with van der Waals surface area (Å²) in [6, 6.07) is 21.4. The van der Waals surface area contributed by atoms with Crippen LogP contribution < -0.4 is 0 Å². The van der Waals surface area contributed by atoms with E-state index in [1.807, 2.05) is 12.1 Å². The zero-order valence-corrected chi connectivity index (χ0v) is 16.0. The summed E-state index contributed by atoms with van der Waals surface area (Å²) in [7, 11) is -2.52. The van der Waals surface area contributed by atoms with Gasteiger partial charge in [-0.25, -0.2) is 8.42 Å². The zero-order chi connectivity index (χ0) is 18.1. The van der Waals surface area contributed by atoms with Crippen molar-refractivity contribution in [3.05, 3.63) is 71.8 Å². The van der Waals surface area contributed by atoms with Gasteiger partial charge in [-0.05, 0) is 36.8 Å². The summed E-state index contributed by atoms with van der Waals surface area (Å²) in [4.78, 5) is 2.42. The third-order valence-corrected chi connectivity index (χ3v) is 6.65. The lowest BCUT2D eigenvalue weighted by Gasteiger charge is -2.53. The smallest absolute Gasteiger partial charge is 0.204 e. The highest BCUT2D eigenvalue weighted by Gasteiger charge is 2.45. The molecule has 2 aliphatic rings. The Morgan fingerprint density at radius 3 is 1.96 bits per heavy atom. The number of thiol groups is 1. The molecule has 0 bridgehead atoms. The van der Waals surface area contributed by atoms with Gasteiger partial charge in [0, 0.05) is 19.1 Å². The molecule has 4 rings (SSSR count). The van der Waals surface area contributed by atoms with Crippen molar-refractivity contribution < 1.29 is 8.42 Å². The van der Waals surface area contributed by atoms with Crippen molar-refractivity contribution in [2.24, 2.45) is 5.92 Å². The molecule has 2 aromatic carbocycles. The minimum absolute atomic E-state index is 0.0895. The predicted molar refractivity (Wildman–Crippen MR) is 104 cm³/mol. The summed E-state index contributed by atoms with van der Waals surface area (Å²) >= 11 is 0. The second-order valence-corrected chi connectivity index (χ2v) is 8.52. The molecule has 0 unspecified atom stereocenters. The van der Waals surface area contributed by atoms with Crippen molar-refractivity contribution in [1.82, 2.24) is 9.21 Å². The molecule has 4 nitrogen and oxygen atoms in total. The molecule has 0 aromatic heterocycles. The molecule has 1 aliphatic heterocycles. The van der Waals surface area contributed by atoms with Crippen LogP contribution in [0.2, 0.25) is 0 Å². The van der Waals surface area contributed by atoms with Gasteiger partial charge in [-0.15, -0.1) is 0 Å². The monoisotopic (exact) mass is 370 g/mol. The van der Waals surface area contributed by atoms with Gasteiger partial charge in [0.2, 0.25) is 10.9 Å². The van der Waals surface area contributed by atoms with E-state index in [2.05, 4.69) is 60.4 Å². The largest absolute Gasteiger partial charge is 0.286 e. The van der Waals surface area contributed by atoms with Gasteiger partial charge in [0.15, 0.2) is 0 Å². The Kier molecular flexibility index (Phi) is 5.11. The van der Waals surface area contributed by atoms with Gasteiger partial charge in [-0.1, -0.05) is 60.7 Å². The fourth-order valence-electron chi connectivity index (χ4n) is 4.04. The van der Waals surface area contributed by atoms with Crippen LogP contribution in [0, 0.1) is 5.92 Å². The summed E-state index contributed by atoms with van der Waals surface area (Å²) in [5.74, 6) is 0.572. The molecule has 26 heavy (non-hydrogen) atoms. The lowest BCUT2D eigenvalue weighted by molar-refractivity contribution is -0.00788. The Morgan fingerprint density at radius 1 is 1.00 bits per heavy atom. The van der Waals surface area contributed by atoms with Gasteiger partial charge >= 0.3 is 0 Å². The highest BCUT2D eigenvalue weighted by molar-refractivity contribution is 7.69. The van der Waals surface area contributed by atoms with E-state index < -0.39 is 10.9 Å². The van der Waals surface area contributed by atoms with Gasteiger partial charge in [0.1, 0.15) is 0 Å². The van der Waals surface area contributed by atoms with Crippen molar-refractivity contribution in [2.45, 2.75) is 37.9 Å². The highest BCUT2D eigenvalue weighted by atomic mass is 32.2. The van der Waals surface area contributed by atoms with Gasteiger partial charge in [-0.2, -0.15) is 4.31 Å². The molecular formula is C21H26N2O2S. The third-order valence-electron chi connectivity index (χ3n) is 5.77. The summed E-state index contributed by atoms with van der Waals surface area (Å²) in [5.41, 5.74) is 2.51. The fraction of sp³-hybridized carbons (Fsp3) is 0.429. The van der Waals surface area contributed by atoms with Gasteiger partial charge in [0.05, 0.1) is 12.1 Å². The maximum absolute atomic E-state index is 11.8. The average Bonchev–Trinajstić information content (AvgIpc) is 3.48. The second kappa shape index (κ2) is 7.51. The van der Waals surface area contributed by atoms with Crippen LogP contribution in [0.15, 0.2) is 60.7 Å². The second-order valence-electron chi connectivity index (χ2n) is 7.53. The van der Waals surface area contributed by atoms with E-state index in [4.69, 9.17) is 0 Å². The third kappa shape index (κ3) is 3.56. The Bertz CT molecular complexity index is 758. The molecule has 2 fully saturated rings. The first-order chi connectivity index (χ1) is 12.6. The molecule has 0 N–H and O–H groups in total. The lowest BCUT2D eigenvalue weighted by Crippen LogP contribution is -2.66. The Hall–Kier alpha value is -1.69. The fourth-order valence-corrected chi connectivity index (χ4v) is 4.91. The maximum atomic E-state index is 11.8. The predicted octanol–water partition coefficient (Wildman–Crippen LogP) is 3.09. The molecule has 0 radical (unpaired) electrons.